The van der Waals surface area contributed by atoms with Crippen LogP contribution in [0, 0.1) is 5.92 Å². The predicted molar refractivity (Wildman–Crippen MR) is 70.9 cm³/mol. The highest BCUT2D eigenvalue weighted by Gasteiger charge is 2.32. The van der Waals surface area contributed by atoms with Crippen LogP contribution in [0.5, 0.6) is 0 Å². The normalized spacial score (nSPS) is 26.7. The van der Waals surface area contributed by atoms with Gasteiger partial charge in [-0.2, -0.15) is 0 Å². The minimum absolute atomic E-state index is 0.751. The van der Waals surface area contributed by atoms with E-state index in [1.54, 1.807) is 0 Å². The van der Waals surface area contributed by atoms with Gasteiger partial charge in [0.2, 0.25) is 0 Å². The molecule has 1 saturated heterocycles. The molecule has 1 N–H and O–H groups in total. The summed E-state index contributed by atoms with van der Waals surface area (Å²) in [5.74, 6) is 0.964. The van der Waals surface area contributed by atoms with Crippen molar-refractivity contribution in [2.75, 3.05) is 19.6 Å². The second-order valence-corrected chi connectivity index (χ2v) is 5.47. The first kappa shape index (κ1) is 11.2. The summed E-state index contributed by atoms with van der Waals surface area (Å²) in [6.07, 6.45) is 4.17. The molecule has 0 spiro atoms. The van der Waals surface area contributed by atoms with Crippen molar-refractivity contribution in [2.45, 2.75) is 31.8 Å². The Morgan fingerprint density at radius 1 is 1.18 bits per heavy atom. The summed E-state index contributed by atoms with van der Waals surface area (Å²) >= 11 is 0. The molecule has 0 amide bonds. The van der Waals surface area contributed by atoms with Gasteiger partial charge in [0.25, 0.3) is 0 Å². The predicted octanol–water partition coefficient (Wildman–Crippen LogP) is 2.26. The van der Waals surface area contributed by atoms with Gasteiger partial charge in [0.1, 0.15) is 0 Å². The van der Waals surface area contributed by atoms with Crippen molar-refractivity contribution in [1.82, 2.24) is 10.2 Å². The number of rotatable bonds is 3. The maximum absolute atomic E-state index is 3.72. The smallest absolute Gasteiger partial charge is 0.0234 e. The summed E-state index contributed by atoms with van der Waals surface area (Å²) in [5, 5.41) is 3.72. The largest absolute Gasteiger partial charge is 0.312 e. The van der Waals surface area contributed by atoms with Gasteiger partial charge in [-0.1, -0.05) is 30.3 Å². The lowest BCUT2D eigenvalue weighted by Gasteiger charge is -2.24. The quantitative estimate of drug-likeness (QED) is 0.857. The topological polar surface area (TPSA) is 15.3 Å². The van der Waals surface area contributed by atoms with Gasteiger partial charge in [-0.15, -0.1) is 0 Å². The monoisotopic (exact) mass is 230 g/mol. The van der Waals surface area contributed by atoms with Crippen LogP contribution in [0.3, 0.4) is 0 Å². The number of hydrogen-bond acceptors (Lipinski definition) is 2. The molecule has 1 heterocycles. The number of nitrogens with zero attached hydrogens (tertiary/aromatic N) is 1. The second-order valence-electron chi connectivity index (χ2n) is 5.47. The van der Waals surface area contributed by atoms with Crippen molar-refractivity contribution >= 4 is 0 Å². The summed E-state index contributed by atoms with van der Waals surface area (Å²) in [7, 11) is 0. The van der Waals surface area contributed by atoms with E-state index in [0.29, 0.717) is 0 Å². The first-order chi connectivity index (χ1) is 8.42. The SMILES string of the molecule is c1ccc(CN2CCCNC(C3CC3)C2)cc1. The van der Waals surface area contributed by atoms with E-state index < -0.39 is 0 Å². The van der Waals surface area contributed by atoms with Crippen LogP contribution in [0.4, 0.5) is 0 Å². The standard InChI is InChI=1S/C15H22N2/c1-2-5-13(6-3-1)11-17-10-4-9-16-15(12-17)14-7-8-14/h1-3,5-6,14-16H,4,7-12H2. The Balaban J connectivity index is 1.61. The fourth-order valence-corrected chi connectivity index (χ4v) is 2.82. The van der Waals surface area contributed by atoms with E-state index in [2.05, 4.69) is 40.5 Å². The van der Waals surface area contributed by atoms with Crippen molar-refractivity contribution in [2.24, 2.45) is 5.92 Å². The second kappa shape index (κ2) is 5.19. The van der Waals surface area contributed by atoms with E-state index in [0.717, 1.165) is 18.5 Å². The summed E-state index contributed by atoms with van der Waals surface area (Å²) in [6.45, 7) is 4.79. The molecule has 1 atom stereocenters. The van der Waals surface area contributed by atoms with Crippen molar-refractivity contribution in [3.8, 4) is 0 Å². The van der Waals surface area contributed by atoms with Crippen molar-refractivity contribution in [3.05, 3.63) is 35.9 Å². The van der Waals surface area contributed by atoms with Crippen molar-refractivity contribution < 1.29 is 0 Å². The van der Waals surface area contributed by atoms with Gasteiger partial charge >= 0.3 is 0 Å². The van der Waals surface area contributed by atoms with Gasteiger partial charge in [-0.25, -0.2) is 0 Å². The fourth-order valence-electron chi connectivity index (χ4n) is 2.82. The first-order valence-electron chi connectivity index (χ1n) is 6.91. The molecule has 0 radical (unpaired) electrons. The zero-order chi connectivity index (χ0) is 11.5. The van der Waals surface area contributed by atoms with Gasteiger partial charge < -0.3 is 5.32 Å². The zero-order valence-electron chi connectivity index (χ0n) is 10.4. The van der Waals surface area contributed by atoms with Gasteiger partial charge in [-0.3, -0.25) is 4.90 Å². The molecule has 2 heteroatoms. The summed E-state index contributed by atoms with van der Waals surface area (Å²) in [6, 6.07) is 11.6. The van der Waals surface area contributed by atoms with Gasteiger partial charge in [-0.05, 0) is 43.8 Å². The Morgan fingerprint density at radius 3 is 2.76 bits per heavy atom. The van der Waals surface area contributed by atoms with E-state index in [-0.39, 0.29) is 0 Å². The van der Waals surface area contributed by atoms with E-state index >= 15 is 0 Å². The van der Waals surface area contributed by atoms with Crippen LogP contribution < -0.4 is 5.32 Å². The molecule has 1 aromatic carbocycles. The highest BCUT2D eigenvalue weighted by molar-refractivity contribution is 5.14. The number of hydrogen-bond donors (Lipinski definition) is 1. The van der Waals surface area contributed by atoms with Crippen molar-refractivity contribution in [3.63, 3.8) is 0 Å². The summed E-state index contributed by atoms with van der Waals surface area (Å²) in [5.41, 5.74) is 1.45. The minimum atomic E-state index is 0.751. The highest BCUT2D eigenvalue weighted by atomic mass is 15.2. The third-order valence-corrected chi connectivity index (χ3v) is 3.95. The molecule has 1 unspecified atom stereocenters. The molecule has 92 valence electrons. The number of nitrogens with one attached hydrogen (secondary N) is 1. The third-order valence-electron chi connectivity index (χ3n) is 3.95. The fraction of sp³-hybridized carbons (Fsp3) is 0.600. The average Bonchev–Trinajstić information content (AvgIpc) is 3.16. The molecule has 1 aliphatic carbocycles. The van der Waals surface area contributed by atoms with Crippen LogP contribution in [0.25, 0.3) is 0 Å². The maximum atomic E-state index is 3.72. The van der Waals surface area contributed by atoms with E-state index in [1.165, 1.54) is 44.5 Å². The Hall–Kier alpha value is -0.860. The molecular weight excluding hydrogens is 208 g/mol. The highest BCUT2D eigenvalue weighted by Crippen LogP contribution is 2.33. The van der Waals surface area contributed by atoms with Crippen LogP contribution in [-0.4, -0.2) is 30.6 Å². The minimum Gasteiger partial charge on any atom is -0.312 e. The van der Waals surface area contributed by atoms with Gasteiger partial charge in [0.05, 0.1) is 0 Å². The van der Waals surface area contributed by atoms with E-state index in [1.807, 2.05) is 0 Å². The molecule has 17 heavy (non-hydrogen) atoms. The van der Waals surface area contributed by atoms with Crippen molar-refractivity contribution in [1.29, 1.82) is 0 Å². The number of benzene rings is 1. The van der Waals surface area contributed by atoms with Gasteiger partial charge in [0, 0.05) is 19.1 Å². The molecule has 2 nitrogen and oxygen atoms in total. The molecule has 2 aliphatic rings. The lowest BCUT2D eigenvalue weighted by Crippen LogP contribution is -2.38. The van der Waals surface area contributed by atoms with Crippen LogP contribution in [0.1, 0.15) is 24.8 Å². The van der Waals surface area contributed by atoms with Crippen LogP contribution in [0.2, 0.25) is 0 Å². The third kappa shape index (κ3) is 3.08. The zero-order valence-corrected chi connectivity index (χ0v) is 10.4. The molecule has 3 rings (SSSR count). The lowest BCUT2D eigenvalue weighted by atomic mass is 10.1. The van der Waals surface area contributed by atoms with E-state index in [4.69, 9.17) is 0 Å². The maximum Gasteiger partial charge on any atom is 0.0234 e. The molecule has 1 aromatic rings. The first-order valence-corrected chi connectivity index (χ1v) is 6.91. The van der Waals surface area contributed by atoms with Crippen LogP contribution in [0.15, 0.2) is 30.3 Å². The van der Waals surface area contributed by atoms with Crippen LogP contribution in [-0.2, 0) is 6.54 Å². The molecule has 1 saturated carbocycles. The van der Waals surface area contributed by atoms with Crippen LogP contribution >= 0.6 is 0 Å². The van der Waals surface area contributed by atoms with E-state index in [9.17, 15) is 0 Å². The Kier molecular flexibility index (Phi) is 3.44. The molecule has 1 aliphatic heterocycles. The Morgan fingerprint density at radius 2 is 2.00 bits per heavy atom. The summed E-state index contributed by atoms with van der Waals surface area (Å²) < 4.78 is 0. The van der Waals surface area contributed by atoms with Gasteiger partial charge in [0.15, 0.2) is 0 Å². The molecule has 0 aromatic heterocycles. The summed E-state index contributed by atoms with van der Waals surface area (Å²) in [4.78, 5) is 2.62. The Labute approximate surface area is 104 Å². The molecule has 0 bridgehead atoms. The Bertz CT molecular complexity index is 345. The molecular formula is C15H22N2. The lowest BCUT2D eigenvalue weighted by molar-refractivity contribution is 0.251. The molecule has 2 fully saturated rings. The average molecular weight is 230 g/mol.